The lowest BCUT2D eigenvalue weighted by atomic mass is 9.71. The number of Topliss-reactive ketones (excluding diaryl/α,β-unsaturated/α-hetero) is 1. The van der Waals surface area contributed by atoms with Gasteiger partial charge in [0.15, 0.2) is 5.78 Å². The zero-order valence-electron chi connectivity index (χ0n) is 14.8. The van der Waals surface area contributed by atoms with Gasteiger partial charge >= 0.3 is 0 Å². The van der Waals surface area contributed by atoms with Crippen LogP contribution >= 0.6 is 15.9 Å². The molecule has 0 atom stereocenters. The minimum Gasteiger partial charge on any atom is -0.294 e. The number of halogens is 1. The van der Waals surface area contributed by atoms with Crippen LogP contribution in [-0.2, 0) is 5.41 Å². The van der Waals surface area contributed by atoms with Crippen molar-refractivity contribution < 1.29 is 4.79 Å². The Labute approximate surface area is 153 Å². The number of rotatable bonds is 6. The normalized spacial score (nSPS) is 14.3. The van der Waals surface area contributed by atoms with Crippen molar-refractivity contribution in [3.05, 3.63) is 57.6 Å². The molecule has 0 heterocycles. The standard InChI is InChI=1S/C22H25BrO/c1-4-11-22(12-5-2)19-13-15(21(24)6-3)7-9-17(19)18-10-8-16(23)14-20(18)22/h7-10,13-14H,4-6,11-12H2,1-3H3. The van der Waals surface area contributed by atoms with Gasteiger partial charge in [-0.05, 0) is 53.3 Å². The number of carbonyl (C=O) groups excluding carboxylic acids is 1. The second-order valence-corrected chi connectivity index (χ2v) is 7.72. The van der Waals surface area contributed by atoms with Crippen LogP contribution in [0.4, 0.5) is 0 Å². The van der Waals surface area contributed by atoms with E-state index in [1.165, 1.54) is 22.3 Å². The zero-order chi connectivity index (χ0) is 17.3. The molecular formula is C22H25BrO. The summed E-state index contributed by atoms with van der Waals surface area (Å²) in [5, 5.41) is 0. The van der Waals surface area contributed by atoms with Crippen LogP contribution in [0.15, 0.2) is 40.9 Å². The van der Waals surface area contributed by atoms with Gasteiger partial charge in [-0.3, -0.25) is 4.79 Å². The van der Waals surface area contributed by atoms with Crippen LogP contribution in [0.2, 0.25) is 0 Å². The zero-order valence-corrected chi connectivity index (χ0v) is 16.4. The highest BCUT2D eigenvalue weighted by Gasteiger charge is 2.42. The highest BCUT2D eigenvalue weighted by atomic mass is 79.9. The fourth-order valence-corrected chi connectivity index (χ4v) is 4.72. The van der Waals surface area contributed by atoms with Crippen molar-refractivity contribution in [3.63, 3.8) is 0 Å². The second kappa shape index (κ2) is 6.84. The predicted molar refractivity (Wildman–Crippen MR) is 105 cm³/mol. The van der Waals surface area contributed by atoms with E-state index < -0.39 is 0 Å². The summed E-state index contributed by atoms with van der Waals surface area (Å²) in [4.78, 5) is 12.3. The average molecular weight is 385 g/mol. The van der Waals surface area contributed by atoms with Crippen LogP contribution in [0.3, 0.4) is 0 Å². The Kier molecular flexibility index (Phi) is 4.96. The van der Waals surface area contributed by atoms with Crippen molar-refractivity contribution in [1.82, 2.24) is 0 Å². The molecule has 0 fully saturated rings. The highest BCUT2D eigenvalue weighted by molar-refractivity contribution is 9.10. The number of hydrogen-bond donors (Lipinski definition) is 0. The van der Waals surface area contributed by atoms with Gasteiger partial charge in [0.2, 0.25) is 0 Å². The van der Waals surface area contributed by atoms with Gasteiger partial charge in [0, 0.05) is 21.9 Å². The molecular weight excluding hydrogens is 360 g/mol. The summed E-state index contributed by atoms with van der Waals surface area (Å²) in [7, 11) is 0. The molecule has 0 N–H and O–H groups in total. The summed E-state index contributed by atoms with van der Waals surface area (Å²) in [5.74, 6) is 0.233. The van der Waals surface area contributed by atoms with E-state index in [1.807, 2.05) is 13.0 Å². The summed E-state index contributed by atoms with van der Waals surface area (Å²) in [6.07, 6.45) is 5.09. The molecule has 3 rings (SSSR count). The maximum absolute atomic E-state index is 12.3. The lowest BCUT2D eigenvalue weighted by Crippen LogP contribution is -2.25. The summed E-state index contributed by atoms with van der Waals surface area (Å²) < 4.78 is 1.13. The Morgan fingerprint density at radius 3 is 2.08 bits per heavy atom. The van der Waals surface area contributed by atoms with Gasteiger partial charge in [-0.2, -0.15) is 0 Å². The monoisotopic (exact) mass is 384 g/mol. The molecule has 0 radical (unpaired) electrons. The fourth-order valence-electron chi connectivity index (χ4n) is 4.36. The SMILES string of the molecule is CCCC1(CCC)c2cc(Br)ccc2-c2ccc(C(=O)CC)cc21. The van der Waals surface area contributed by atoms with Gasteiger partial charge < -0.3 is 0 Å². The third-order valence-electron chi connectivity index (χ3n) is 5.32. The number of fused-ring (bicyclic) bond motifs is 3. The molecule has 0 saturated carbocycles. The Hall–Kier alpha value is -1.41. The molecule has 0 bridgehead atoms. The molecule has 2 aromatic rings. The molecule has 1 aliphatic rings. The molecule has 2 heteroatoms. The molecule has 0 saturated heterocycles. The molecule has 2 aromatic carbocycles. The van der Waals surface area contributed by atoms with Crippen LogP contribution in [0, 0.1) is 0 Å². The first-order valence-electron chi connectivity index (χ1n) is 9.05. The van der Waals surface area contributed by atoms with Gasteiger partial charge in [0.25, 0.3) is 0 Å². The van der Waals surface area contributed by atoms with E-state index in [4.69, 9.17) is 0 Å². The van der Waals surface area contributed by atoms with Crippen molar-refractivity contribution in [2.24, 2.45) is 0 Å². The molecule has 0 amide bonds. The van der Waals surface area contributed by atoms with Crippen LogP contribution < -0.4 is 0 Å². The first kappa shape index (κ1) is 17.4. The van der Waals surface area contributed by atoms with Crippen molar-refractivity contribution in [1.29, 1.82) is 0 Å². The molecule has 1 nitrogen and oxygen atoms in total. The van der Waals surface area contributed by atoms with Gasteiger partial charge in [-0.25, -0.2) is 0 Å². The summed E-state index contributed by atoms with van der Waals surface area (Å²) >= 11 is 3.66. The summed E-state index contributed by atoms with van der Waals surface area (Å²) in [6.45, 7) is 6.45. The largest absolute Gasteiger partial charge is 0.294 e. The smallest absolute Gasteiger partial charge is 0.162 e. The molecule has 24 heavy (non-hydrogen) atoms. The topological polar surface area (TPSA) is 17.1 Å². The van der Waals surface area contributed by atoms with Gasteiger partial charge in [0.1, 0.15) is 0 Å². The summed E-state index contributed by atoms with van der Waals surface area (Å²) in [5.41, 5.74) is 6.34. The number of carbonyl (C=O) groups is 1. The third-order valence-corrected chi connectivity index (χ3v) is 5.81. The molecule has 0 spiro atoms. The van der Waals surface area contributed by atoms with Gasteiger partial charge in [0.05, 0.1) is 0 Å². The molecule has 0 unspecified atom stereocenters. The highest BCUT2D eigenvalue weighted by Crippen LogP contribution is 2.54. The van der Waals surface area contributed by atoms with E-state index in [1.54, 1.807) is 0 Å². The van der Waals surface area contributed by atoms with Crippen LogP contribution in [0.1, 0.15) is 74.4 Å². The lowest BCUT2D eigenvalue weighted by Gasteiger charge is -2.32. The fraction of sp³-hybridized carbons (Fsp3) is 0.409. The second-order valence-electron chi connectivity index (χ2n) is 6.81. The third kappa shape index (κ3) is 2.65. The van der Waals surface area contributed by atoms with Crippen molar-refractivity contribution in [2.45, 2.75) is 58.3 Å². The van der Waals surface area contributed by atoms with Gasteiger partial charge in [-0.15, -0.1) is 0 Å². The van der Waals surface area contributed by atoms with Crippen molar-refractivity contribution in [3.8, 4) is 11.1 Å². The van der Waals surface area contributed by atoms with E-state index in [-0.39, 0.29) is 11.2 Å². The molecule has 1 aliphatic carbocycles. The van der Waals surface area contributed by atoms with Crippen LogP contribution in [0.5, 0.6) is 0 Å². The minimum atomic E-state index is 0.0436. The lowest BCUT2D eigenvalue weighted by molar-refractivity contribution is 0.0988. The molecule has 0 aromatic heterocycles. The Morgan fingerprint density at radius 1 is 0.917 bits per heavy atom. The quantitative estimate of drug-likeness (QED) is 0.494. The van der Waals surface area contributed by atoms with E-state index in [2.05, 4.69) is 60.1 Å². The van der Waals surface area contributed by atoms with Crippen molar-refractivity contribution >= 4 is 21.7 Å². The first-order valence-corrected chi connectivity index (χ1v) is 9.84. The maximum atomic E-state index is 12.3. The van der Waals surface area contributed by atoms with E-state index in [0.717, 1.165) is 35.7 Å². The average Bonchev–Trinajstić information content (AvgIpc) is 2.84. The Morgan fingerprint density at radius 2 is 1.50 bits per heavy atom. The number of hydrogen-bond acceptors (Lipinski definition) is 1. The summed E-state index contributed by atoms with van der Waals surface area (Å²) in [6, 6.07) is 13.0. The maximum Gasteiger partial charge on any atom is 0.162 e. The number of benzene rings is 2. The van der Waals surface area contributed by atoms with Crippen molar-refractivity contribution in [2.75, 3.05) is 0 Å². The minimum absolute atomic E-state index is 0.0436. The van der Waals surface area contributed by atoms with Gasteiger partial charge in [-0.1, -0.05) is 67.7 Å². The van der Waals surface area contributed by atoms with Crippen LogP contribution in [-0.4, -0.2) is 5.78 Å². The van der Waals surface area contributed by atoms with E-state index in [0.29, 0.717) is 6.42 Å². The predicted octanol–water partition coefficient (Wildman–Crippen LogP) is 6.91. The Balaban J connectivity index is 2.28. The Bertz CT molecular complexity index is 770. The van der Waals surface area contributed by atoms with E-state index >= 15 is 0 Å². The molecule has 126 valence electrons. The van der Waals surface area contributed by atoms with Crippen LogP contribution in [0.25, 0.3) is 11.1 Å². The molecule has 0 aliphatic heterocycles. The first-order chi connectivity index (χ1) is 11.6. The number of ketones is 1. The van der Waals surface area contributed by atoms with E-state index in [9.17, 15) is 4.79 Å².